The third kappa shape index (κ3) is 4.37. The molecule has 0 saturated carbocycles. The van der Waals surface area contributed by atoms with Crippen LogP contribution in [0.15, 0.2) is 33.0 Å². The first-order valence-electron chi connectivity index (χ1n) is 10.2. The molecule has 1 heterocycles. The van der Waals surface area contributed by atoms with Crippen LogP contribution >= 0.6 is 0 Å². The summed E-state index contributed by atoms with van der Waals surface area (Å²) in [6.45, 7) is 4.79. The highest BCUT2D eigenvalue weighted by Crippen LogP contribution is 2.41. The number of benzene rings is 2. The normalized spacial score (nSPS) is 12.6. The lowest BCUT2D eigenvalue weighted by atomic mass is 9.94. The zero-order valence-corrected chi connectivity index (χ0v) is 18.5. The fourth-order valence-corrected chi connectivity index (χ4v) is 3.66. The minimum Gasteiger partial charge on any atom is -0.507 e. The first-order chi connectivity index (χ1) is 15.0. The fourth-order valence-electron chi connectivity index (χ4n) is 3.66. The number of aryl methyl sites for hydroxylation is 1. The Morgan fingerprint density at radius 3 is 2.31 bits per heavy atom. The Bertz CT molecular complexity index is 1260. The molecule has 0 amide bonds. The van der Waals surface area contributed by atoms with Gasteiger partial charge in [-0.25, -0.2) is 0 Å². The summed E-state index contributed by atoms with van der Waals surface area (Å²) >= 11 is 0. The van der Waals surface area contributed by atoms with Crippen LogP contribution in [-0.2, 0) is 12.8 Å². The molecule has 3 rings (SSSR count). The van der Waals surface area contributed by atoms with Crippen molar-refractivity contribution in [1.82, 2.24) is 0 Å². The van der Waals surface area contributed by atoms with E-state index in [4.69, 9.17) is 9.15 Å². The number of aliphatic hydroxyl groups is 2. The maximum atomic E-state index is 13.5. The number of hydrogen-bond acceptors (Lipinski definition) is 8. The number of rotatable bonds is 7. The van der Waals surface area contributed by atoms with E-state index < -0.39 is 16.8 Å². The van der Waals surface area contributed by atoms with Gasteiger partial charge in [0.15, 0.2) is 11.5 Å². The predicted molar refractivity (Wildman–Crippen MR) is 121 cm³/mol. The van der Waals surface area contributed by atoms with E-state index in [1.165, 1.54) is 19.2 Å². The molecular formula is C24H28O8. The topological polar surface area (TPSA) is 141 Å². The molecule has 0 aliphatic heterocycles. The van der Waals surface area contributed by atoms with Crippen molar-refractivity contribution in [2.24, 2.45) is 0 Å². The van der Waals surface area contributed by atoms with Crippen molar-refractivity contribution in [3.8, 4) is 23.0 Å². The van der Waals surface area contributed by atoms with Gasteiger partial charge in [0.2, 0.25) is 5.43 Å². The highest BCUT2D eigenvalue weighted by atomic mass is 16.5. The predicted octanol–water partition coefficient (Wildman–Crippen LogP) is 3.26. The Morgan fingerprint density at radius 2 is 1.72 bits per heavy atom. The van der Waals surface area contributed by atoms with Gasteiger partial charge in [-0.1, -0.05) is 11.6 Å². The van der Waals surface area contributed by atoms with Crippen LogP contribution in [-0.4, -0.2) is 44.9 Å². The summed E-state index contributed by atoms with van der Waals surface area (Å²) in [6.07, 6.45) is 2.22. The molecule has 32 heavy (non-hydrogen) atoms. The molecule has 1 aromatic heterocycles. The number of allylic oxidation sites excluding steroid dienone is 1. The highest BCUT2D eigenvalue weighted by Gasteiger charge is 2.24. The van der Waals surface area contributed by atoms with Crippen molar-refractivity contribution in [3.63, 3.8) is 0 Å². The van der Waals surface area contributed by atoms with Gasteiger partial charge in [0.05, 0.1) is 24.7 Å². The van der Waals surface area contributed by atoms with Crippen LogP contribution in [0.1, 0.15) is 38.3 Å². The maximum absolute atomic E-state index is 13.5. The van der Waals surface area contributed by atoms with E-state index in [1.54, 1.807) is 26.8 Å². The van der Waals surface area contributed by atoms with Crippen molar-refractivity contribution in [1.29, 1.82) is 0 Å². The van der Waals surface area contributed by atoms with E-state index in [2.05, 4.69) is 0 Å². The highest BCUT2D eigenvalue weighted by molar-refractivity contribution is 5.97. The summed E-state index contributed by atoms with van der Waals surface area (Å²) < 4.78 is 11.1. The van der Waals surface area contributed by atoms with Gasteiger partial charge in [0, 0.05) is 23.3 Å². The molecule has 172 valence electrons. The lowest BCUT2D eigenvalue weighted by Gasteiger charge is -2.19. The lowest BCUT2D eigenvalue weighted by molar-refractivity contribution is 0.0713. The molecule has 0 aliphatic carbocycles. The number of phenolic OH excluding ortho intramolecular Hbond substituents is 3. The monoisotopic (exact) mass is 444 g/mol. The second-order valence-corrected chi connectivity index (χ2v) is 8.53. The van der Waals surface area contributed by atoms with E-state index in [0.717, 1.165) is 0 Å². The molecule has 0 bridgehead atoms. The van der Waals surface area contributed by atoms with Gasteiger partial charge in [-0.3, -0.25) is 4.79 Å². The van der Waals surface area contributed by atoms with Crippen molar-refractivity contribution < 1.29 is 34.7 Å². The molecular weight excluding hydrogens is 416 g/mol. The van der Waals surface area contributed by atoms with Crippen LogP contribution in [0, 0.1) is 0 Å². The molecule has 0 aliphatic rings. The molecule has 0 saturated heterocycles. The Labute approximate surface area is 184 Å². The van der Waals surface area contributed by atoms with Gasteiger partial charge >= 0.3 is 0 Å². The zero-order valence-electron chi connectivity index (χ0n) is 18.5. The molecule has 5 N–H and O–H groups in total. The molecule has 3 aromatic rings. The molecule has 0 atom stereocenters. The largest absolute Gasteiger partial charge is 0.507 e. The fraction of sp³-hybridized carbons (Fsp3) is 0.375. The number of phenols is 3. The third-order valence-electron chi connectivity index (χ3n) is 5.44. The van der Waals surface area contributed by atoms with Crippen molar-refractivity contribution in [2.45, 2.75) is 45.6 Å². The van der Waals surface area contributed by atoms with Gasteiger partial charge in [-0.2, -0.15) is 0 Å². The van der Waals surface area contributed by atoms with E-state index in [9.17, 15) is 30.3 Å². The smallest absolute Gasteiger partial charge is 0.204 e. The van der Waals surface area contributed by atoms with Gasteiger partial charge in [-0.05, 0) is 40.0 Å². The minimum absolute atomic E-state index is 0.0397. The second-order valence-electron chi connectivity index (χ2n) is 8.53. The van der Waals surface area contributed by atoms with Crippen molar-refractivity contribution in [2.75, 3.05) is 13.7 Å². The van der Waals surface area contributed by atoms with Gasteiger partial charge in [-0.15, -0.1) is 0 Å². The number of hydrogen-bond donors (Lipinski definition) is 5. The van der Waals surface area contributed by atoms with Gasteiger partial charge < -0.3 is 34.7 Å². The van der Waals surface area contributed by atoms with Crippen LogP contribution in [0.25, 0.3) is 21.9 Å². The van der Waals surface area contributed by atoms with Gasteiger partial charge in [0.1, 0.15) is 28.1 Å². The summed E-state index contributed by atoms with van der Waals surface area (Å²) in [4.78, 5) is 13.5. The summed E-state index contributed by atoms with van der Waals surface area (Å²) in [5.74, 6) is -0.825. The quantitative estimate of drug-likeness (QED) is 0.276. The summed E-state index contributed by atoms with van der Waals surface area (Å²) in [6, 6.07) is 2.49. The zero-order chi connectivity index (χ0) is 23.8. The molecule has 0 radical (unpaired) electrons. The molecule has 8 nitrogen and oxygen atoms in total. The number of ether oxygens (including phenoxy) is 1. The molecule has 0 unspecified atom stereocenters. The van der Waals surface area contributed by atoms with E-state index in [-0.39, 0.29) is 70.6 Å². The summed E-state index contributed by atoms with van der Waals surface area (Å²) in [5.41, 5.74) is -0.435. The lowest BCUT2D eigenvalue weighted by Crippen LogP contribution is -2.20. The first-order valence-corrected chi connectivity index (χ1v) is 10.2. The Hall–Kier alpha value is -3.23. The van der Waals surface area contributed by atoms with E-state index in [0.29, 0.717) is 11.1 Å². The summed E-state index contributed by atoms with van der Waals surface area (Å²) in [7, 11) is 1.36. The van der Waals surface area contributed by atoms with Crippen LogP contribution in [0.3, 0.4) is 0 Å². The Balaban J connectivity index is 2.36. The number of aliphatic hydroxyl groups excluding tert-OH is 1. The number of methoxy groups -OCH3 is 1. The molecule has 2 aromatic carbocycles. The minimum atomic E-state index is -1.03. The SMILES string of the molecule is COc1c(O)cc2oc3cc(O)c(C/C=C(/C)CO)c(O)c3c(=O)c2c1CCC(C)(C)O. The third-order valence-corrected chi connectivity index (χ3v) is 5.44. The van der Waals surface area contributed by atoms with Crippen molar-refractivity contribution >= 4 is 21.9 Å². The molecule has 0 spiro atoms. The number of fused-ring (bicyclic) bond motifs is 2. The van der Waals surface area contributed by atoms with E-state index >= 15 is 0 Å². The van der Waals surface area contributed by atoms with E-state index in [1.807, 2.05) is 0 Å². The standard InChI is InChI=1S/C24H28O8/c1-12(11-25)5-6-13-15(26)9-18-20(21(13)28)22(29)19-14(7-8-24(2,3)30)23(31-4)16(27)10-17(19)32-18/h5,9-10,25-28,30H,6-8,11H2,1-4H3/b12-5-. The maximum Gasteiger partial charge on any atom is 0.204 e. The second kappa shape index (κ2) is 8.72. The van der Waals surface area contributed by atoms with Crippen LogP contribution in [0.5, 0.6) is 23.0 Å². The van der Waals surface area contributed by atoms with Crippen LogP contribution in [0.2, 0.25) is 0 Å². The average molecular weight is 444 g/mol. The van der Waals surface area contributed by atoms with Crippen LogP contribution < -0.4 is 10.2 Å². The Morgan fingerprint density at radius 1 is 1.09 bits per heavy atom. The summed E-state index contributed by atoms with van der Waals surface area (Å²) in [5, 5.41) is 51.0. The van der Waals surface area contributed by atoms with Crippen molar-refractivity contribution in [3.05, 3.63) is 45.1 Å². The Kier molecular flexibility index (Phi) is 6.39. The molecule has 0 fully saturated rings. The number of aromatic hydroxyl groups is 3. The first kappa shape index (κ1) is 23.4. The molecule has 8 heteroatoms. The van der Waals surface area contributed by atoms with Crippen LogP contribution in [0.4, 0.5) is 0 Å². The van der Waals surface area contributed by atoms with Gasteiger partial charge in [0.25, 0.3) is 0 Å². The average Bonchev–Trinajstić information content (AvgIpc) is 2.70.